The molecule has 0 aliphatic heterocycles. The molecule has 1 aromatic rings. The lowest BCUT2D eigenvalue weighted by Crippen LogP contribution is -2.30. The SMILES string of the molecule is CCOC(=O)C(O)C(O)c1cc(Br)ccc1OCC. The molecule has 0 saturated carbocycles. The maximum absolute atomic E-state index is 11.4. The van der Waals surface area contributed by atoms with E-state index in [-0.39, 0.29) is 6.61 Å². The zero-order valence-electron chi connectivity index (χ0n) is 10.8. The lowest BCUT2D eigenvalue weighted by molar-refractivity contribution is -0.159. The van der Waals surface area contributed by atoms with Crippen molar-refractivity contribution in [2.75, 3.05) is 13.2 Å². The van der Waals surface area contributed by atoms with E-state index in [2.05, 4.69) is 20.7 Å². The number of benzene rings is 1. The van der Waals surface area contributed by atoms with E-state index in [4.69, 9.17) is 4.74 Å². The van der Waals surface area contributed by atoms with Crippen molar-refractivity contribution in [2.45, 2.75) is 26.1 Å². The van der Waals surface area contributed by atoms with Crippen molar-refractivity contribution in [1.29, 1.82) is 0 Å². The van der Waals surface area contributed by atoms with E-state index in [1.807, 2.05) is 0 Å². The van der Waals surface area contributed by atoms with Crippen molar-refractivity contribution in [3.8, 4) is 5.75 Å². The van der Waals surface area contributed by atoms with E-state index in [1.165, 1.54) is 0 Å². The first-order chi connectivity index (χ1) is 9.01. The van der Waals surface area contributed by atoms with Crippen LogP contribution in [0, 0.1) is 0 Å². The summed E-state index contributed by atoms with van der Waals surface area (Å²) in [6.45, 7) is 3.98. The first-order valence-corrected chi connectivity index (χ1v) is 6.75. The van der Waals surface area contributed by atoms with Gasteiger partial charge in [0.2, 0.25) is 0 Å². The highest BCUT2D eigenvalue weighted by molar-refractivity contribution is 9.10. The van der Waals surface area contributed by atoms with Gasteiger partial charge in [-0.15, -0.1) is 0 Å². The molecule has 0 radical (unpaired) electrons. The summed E-state index contributed by atoms with van der Waals surface area (Å²) in [4.78, 5) is 11.4. The predicted octanol–water partition coefficient (Wildman–Crippen LogP) is 1.81. The summed E-state index contributed by atoms with van der Waals surface area (Å²) in [5, 5.41) is 19.8. The van der Waals surface area contributed by atoms with E-state index >= 15 is 0 Å². The van der Waals surface area contributed by atoms with Crippen LogP contribution in [-0.2, 0) is 9.53 Å². The second-order valence-corrected chi connectivity index (χ2v) is 4.67. The van der Waals surface area contributed by atoms with Gasteiger partial charge in [-0.05, 0) is 32.0 Å². The van der Waals surface area contributed by atoms with Crippen LogP contribution >= 0.6 is 15.9 Å². The number of aliphatic hydroxyl groups excluding tert-OH is 2. The molecule has 2 unspecified atom stereocenters. The molecular formula is C13H17BrO5. The summed E-state index contributed by atoms with van der Waals surface area (Å²) >= 11 is 3.27. The predicted molar refractivity (Wildman–Crippen MR) is 72.9 cm³/mol. The highest BCUT2D eigenvalue weighted by atomic mass is 79.9. The van der Waals surface area contributed by atoms with E-state index in [9.17, 15) is 15.0 Å². The highest BCUT2D eigenvalue weighted by Gasteiger charge is 2.29. The van der Waals surface area contributed by atoms with Crippen LogP contribution in [0.4, 0.5) is 0 Å². The molecule has 5 nitrogen and oxygen atoms in total. The van der Waals surface area contributed by atoms with Crippen molar-refractivity contribution < 1.29 is 24.5 Å². The molecule has 2 N–H and O–H groups in total. The van der Waals surface area contributed by atoms with Gasteiger partial charge in [0.25, 0.3) is 0 Å². The Morgan fingerprint density at radius 3 is 2.58 bits per heavy atom. The Morgan fingerprint density at radius 1 is 1.32 bits per heavy atom. The molecule has 1 rings (SSSR count). The largest absolute Gasteiger partial charge is 0.493 e. The number of carbonyl (C=O) groups is 1. The van der Waals surface area contributed by atoms with Gasteiger partial charge in [0, 0.05) is 10.0 Å². The standard InChI is InChI=1S/C13H17BrO5/c1-3-18-10-6-5-8(14)7-9(10)11(15)12(16)13(17)19-4-2/h5-7,11-12,15-16H,3-4H2,1-2H3. The Bertz CT molecular complexity index is 435. The van der Waals surface area contributed by atoms with Crippen molar-refractivity contribution in [2.24, 2.45) is 0 Å². The number of ether oxygens (including phenoxy) is 2. The Hall–Kier alpha value is -1.11. The van der Waals surface area contributed by atoms with Crippen LogP contribution in [0.15, 0.2) is 22.7 Å². The molecule has 0 spiro atoms. The highest BCUT2D eigenvalue weighted by Crippen LogP contribution is 2.30. The zero-order valence-corrected chi connectivity index (χ0v) is 12.4. The van der Waals surface area contributed by atoms with Crippen LogP contribution in [0.5, 0.6) is 5.75 Å². The molecular weight excluding hydrogens is 316 g/mol. The maximum Gasteiger partial charge on any atom is 0.338 e. The molecule has 0 heterocycles. The molecule has 106 valence electrons. The molecule has 0 aromatic heterocycles. The van der Waals surface area contributed by atoms with Gasteiger partial charge in [-0.25, -0.2) is 4.79 Å². The number of esters is 1. The van der Waals surface area contributed by atoms with Crippen molar-refractivity contribution in [3.63, 3.8) is 0 Å². The molecule has 0 fully saturated rings. The van der Waals surface area contributed by atoms with E-state index in [0.717, 1.165) is 0 Å². The van der Waals surface area contributed by atoms with Crippen molar-refractivity contribution >= 4 is 21.9 Å². The van der Waals surface area contributed by atoms with Crippen LogP contribution in [0.3, 0.4) is 0 Å². The van der Waals surface area contributed by atoms with Gasteiger partial charge < -0.3 is 19.7 Å². The number of aliphatic hydroxyl groups is 2. The van der Waals surface area contributed by atoms with E-state index in [1.54, 1.807) is 32.0 Å². The first kappa shape index (κ1) is 15.9. The molecule has 0 amide bonds. The van der Waals surface area contributed by atoms with Gasteiger partial charge in [-0.3, -0.25) is 0 Å². The summed E-state index contributed by atoms with van der Waals surface area (Å²) in [5.74, 6) is -0.445. The molecule has 6 heteroatoms. The average molecular weight is 333 g/mol. The second-order valence-electron chi connectivity index (χ2n) is 3.76. The molecule has 19 heavy (non-hydrogen) atoms. The molecule has 0 bridgehead atoms. The average Bonchev–Trinajstić information content (AvgIpc) is 2.39. The van der Waals surface area contributed by atoms with Crippen LogP contribution in [0.1, 0.15) is 25.5 Å². The lowest BCUT2D eigenvalue weighted by atomic mass is 10.0. The fourth-order valence-electron chi connectivity index (χ4n) is 1.56. The van der Waals surface area contributed by atoms with Crippen LogP contribution in [0.2, 0.25) is 0 Å². The number of rotatable bonds is 6. The Balaban J connectivity index is 2.99. The summed E-state index contributed by atoms with van der Waals surface area (Å²) in [6.07, 6.45) is -3.05. The van der Waals surface area contributed by atoms with Gasteiger partial charge in [0.05, 0.1) is 13.2 Å². The minimum Gasteiger partial charge on any atom is -0.493 e. The van der Waals surface area contributed by atoms with Crippen LogP contribution in [-0.4, -0.2) is 35.5 Å². The Labute approximate surface area is 120 Å². The number of hydrogen-bond acceptors (Lipinski definition) is 5. The number of carbonyl (C=O) groups excluding carboxylic acids is 1. The van der Waals surface area contributed by atoms with Gasteiger partial charge >= 0.3 is 5.97 Å². The molecule has 0 aliphatic rings. The second kappa shape index (κ2) is 7.47. The minimum atomic E-state index is -1.64. The van der Waals surface area contributed by atoms with Crippen molar-refractivity contribution in [3.05, 3.63) is 28.2 Å². The maximum atomic E-state index is 11.4. The molecule has 0 aliphatic carbocycles. The summed E-state index contributed by atoms with van der Waals surface area (Å²) in [6, 6.07) is 5.00. The quantitative estimate of drug-likeness (QED) is 0.777. The van der Waals surface area contributed by atoms with Crippen molar-refractivity contribution in [1.82, 2.24) is 0 Å². The Kier molecular flexibility index (Phi) is 6.27. The minimum absolute atomic E-state index is 0.138. The summed E-state index contributed by atoms with van der Waals surface area (Å²) in [7, 11) is 0. The number of hydrogen-bond donors (Lipinski definition) is 2. The third-order valence-corrected chi connectivity index (χ3v) is 2.91. The molecule has 1 aromatic carbocycles. The van der Waals surface area contributed by atoms with E-state index in [0.29, 0.717) is 22.4 Å². The normalized spacial score (nSPS) is 13.7. The first-order valence-electron chi connectivity index (χ1n) is 5.96. The summed E-state index contributed by atoms with van der Waals surface area (Å²) < 4.78 is 10.7. The topological polar surface area (TPSA) is 76.0 Å². The molecule has 0 saturated heterocycles. The van der Waals surface area contributed by atoms with Gasteiger partial charge in [-0.1, -0.05) is 15.9 Å². The van der Waals surface area contributed by atoms with Crippen LogP contribution in [0.25, 0.3) is 0 Å². The fraction of sp³-hybridized carbons (Fsp3) is 0.462. The zero-order chi connectivity index (χ0) is 14.4. The lowest BCUT2D eigenvalue weighted by Gasteiger charge is -2.19. The van der Waals surface area contributed by atoms with Crippen LogP contribution < -0.4 is 4.74 Å². The van der Waals surface area contributed by atoms with Gasteiger partial charge in [0.15, 0.2) is 6.10 Å². The van der Waals surface area contributed by atoms with Gasteiger partial charge in [0.1, 0.15) is 11.9 Å². The Morgan fingerprint density at radius 2 is 2.00 bits per heavy atom. The monoisotopic (exact) mass is 332 g/mol. The number of halogens is 1. The fourth-order valence-corrected chi connectivity index (χ4v) is 1.94. The third kappa shape index (κ3) is 4.19. The smallest absolute Gasteiger partial charge is 0.338 e. The van der Waals surface area contributed by atoms with Gasteiger partial charge in [-0.2, -0.15) is 0 Å². The third-order valence-electron chi connectivity index (χ3n) is 2.42. The molecule has 2 atom stereocenters. The van der Waals surface area contributed by atoms with E-state index < -0.39 is 18.2 Å². The summed E-state index contributed by atoms with van der Waals surface area (Å²) in [5.41, 5.74) is 0.330.